The summed E-state index contributed by atoms with van der Waals surface area (Å²) in [4.78, 5) is 0. The molecule has 0 aliphatic heterocycles. The summed E-state index contributed by atoms with van der Waals surface area (Å²) < 4.78 is 19.6. The molecule has 2 nitrogen and oxygen atoms in total. The van der Waals surface area contributed by atoms with Crippen molar-refractivity contribution >= 4 is 0 Å². The molecule has 0 saturated heterocycles. The van der Waals surface area contributed by atoms with Crippen LogP contribution < -0.4 is 10.5 Å². The predicted octanol–water partition coefficient (Wildman–Crippen LogP) is 3.39. The molecule has 0 heterocycles. The van der Waals surface area contributed by atoms with Crippen LogP contribution in [0.15, 0.2) is 18.2 Å². The molecule has 1 fully saturated rings. The third-order valence-electron chi connectivity index (χ3n) is 3.50. The van der Waals surface area contributed by atoms with Crippen LogP contribution in [0.2, 0.25) is 0 Å². The van der Waals surface area contributed by atoms with Crippen LogP contribution in [0.25, 0.3) is 0 Å². The van der Waals surface area contributed by atoms with Crippen LogP contribution in [0.4, 0.5) is 4.39 Å². The first-order valence-electron chi connectivity index (χ1n) is 6.30. The second-order valence-corrected chi connectivity index (χ2v) is 5.08. The Bertz CT molecular complexity index is 386. The van der Waals surface area contributed by atoms with Gasteiger partial charge in [0.2, 0.25) is 0 Å². The molecule has 0 radical (unpaired) electrons. The average Bonchev–Trinajstić information content (AvgIpc) is 2.32. The van der Waals surface area contributed by atoms with E-state index in [-0.39, 0.29) is 11.4 Å². The Labute approximate surface area is 102 Å². The third kappa shape index (κ3) is 2.97. The molecule has 0 unspecified atom stereocenters. The lowest BCUT2D eigenvalue weighted by Gasteiger charge is -2.34. The number of halogens is 1. The van der Waals surface area contributed by atoms with Gasteiger partial charge in [0.05, 0.1) is 0 Å². The normalized spacial score (nSPS) is 19.0. The Morgan fingerprint density at radius 1 is 1.29 bits per heavy atom. The van der Waals surface area contributed by atoms with Gasteiger partial charge in [-0.2, -0.15) is 0 Å². The minimum atomic E-state index is -0.306. The van der Waals surface area contributed by atoms with Crippen molar-refractivity contribution in [3.63, 3.8) is 0 Å². The number of benzene rings is 1. The smallest absolute Gasteiger partial charge is 0.165 e. The van der Waals surface area contributed by atoms with Crippen molar-refractivity contribution in [3.05, 3.63) is 29.6 Å². The summed E-state index contributed by atoms with van der Waals surface area (Å²) in [5.74, 6) is 0.0475. The van der Waals surface area contributed by atoms with Gasteiger partial charge in [0.15, 0.2) is 11.6 Å². The molecule has 3 heteroatoms. The van der Waals surface area contributed by atoms with E-state index in [4.69, 9.17) is 10.5 Å². The zero-order valence-corrected chi connectivity index (χ0v) is 10.3. The zero-order chi connectivity index (χ0) is 12.3. The number of rotatable bonds is 3. The average molecular weight is 237 g/mol. The minimum absolute atomic E-state index is 0.205. The largest absolute Gasteiger partial charge is 0.485 e. The SMILES string of the molecule is CC1(Oc2ccc(CN)cc2F)CCCCC1. The molecule has 2 N–H and O–H groups in total. The maximum Gasteiger partial charge on any atom is 0.165 e. The van der Waals surface area contributed by atoms with Gasteiger partial charge in [-0.1, -0.05) is 12.5 Å². The lowest BCUT2D eigenvalue weighted by Crippen LogP contribution is -2.34. The molecule has 17 heavy (non-hydrogen) atoms. The Morgan fingerprint density at radius 2 is 2.00 bits per heavy atom. The molecular weight excluding hydrogens is 217 g/mol. The second-order valence-electron chi connectivity index (χ2n) is 5.08. The highest BCUT2D eigenvalue weighted by atomic mass is 19.1. The summed E-state index contributed by atoms with van der Waals surface area (Å²) >= 11 is 0. The molecule has 0 bridgehead atoms. The maximum absolute atomic E-state index is 13.8. The first kappa shape index (κ1) is 12.4. The number of ether oxygens (including phenoxy) is 1. The molecule has 1 aliphatic rings. The Hall–Kier alpha value is -1.09. The van der Waals surface area contributed by atoms with E-state index in [0.29, 0.717) is 12.3 Å². The summed E-state index contributed by atoms with van der Waals surface area (Å²) in [6.07, 6.45) is 5.60. The monoisotopic (exact) mass is 237 g/mol. The highest BCUT2D eigenvalue weighted by Gasteiger charge is 2.29. The van der Waals surface area contributed by atoms with Crippen LogP contribution in [0, 0.1) is 5.82 Å². The van der Waals surface area contributed by atoms with Crippen LogP contribution >= 0.6 is 0 Å². The van der Waals surface area contributed by atoms with Gasteiger partial charge in [-0.25, -0.2) is 4.39 Å². The molecule has 1 aromatic rings. The highest BCUT2D eigenvalue weighted by molar-refractivity contribution is 5.29. The van der Waals surface area contributed by atoms with E-state index in [1.165, 1.54) is 25.3 Å². The van der Waals surface area contributed by atoms with Gasteiger partial charge in [0.25, 0.3) is 0 Å². The first-order valence-corrected chi connectivity index (χ1v) is 6.30. The second kappa shape index (κ2) is 5.05. The van der Waals surface area contributed by atoms with Crippen molar-refractivity contribution in [1.29, 1.82) is 0 Å². The summed E-state index contributed by atoms with van der Waals surface area (Å²) in [7, 11) is 0. The molecule has 2 rings (SSSR count). The topological polar surface area (TPSA) is 35.2 Å². The van der Waals surface area contributed by atoms with Gasteiger partial charge >= 0.3 is 0 Å². The summed E-state index contributed by atoms with van der Waals surface area (Å²) in [5.41, 5.74) is 6.06. The van der Waals surface area contributed by atoms with Gasteiger partial charge in [0.1, 0.15) is 5.60 Å². The van der Waals surface area contributed by atoms with Gasteiger partial charge in [-0.15, -0.1) is 0 Å². The van der Waals surface area contributed by atoms with E-state index in [1.807, 2.05) is 6.07 Å². The molecule has 0 atom stereocenters. The quantitative estimate of drug-likeness (QED) is 0.874. The van der Waals surface area contributed by atoms with E-state index in [1.54, 1.807) is 6.07 Å². The van der Waals surface area contributed by atoms with Crippen molar-refractivity contribution in [3.8, 4) is 5.75 Å². The Balaban J connectivity index is 2.12. The van der Waals surface area contributed by atoms with Crippen molar-refractivity contribution in [1.82, 2.24) is 0 Å². The van der Waals surface area contributed by atoms with Crippen LogP contribution in [0.1, 0.15) is 44.6 Å². The maximum atomic E-state index is 13.8. The van der Waals surface area contributed by atoms with Crippen molar-refractivity contribution in [2.24, 2.45) is 5.73 Å². The van der Waals surface area contributed by atoms with Crippen LogP contribution in [-0.4, -0.2) is 5.60 Å². The molecule has 0 spiro atoms. The third-order valence-corrected chi connectivity index (χ3v) is 3.50. The van der Waals surface area contributed by atoms with Crippen LogP contribution in [0.5, 0.6) is 5.75 Å². The van der Waals surface area contributed by atoms with E-state index < -0.39 is 0 Å². The van der Waals surface area contributed by atoms with Gasteiger partial charge in [0, 0.05) is 6.54 Å². The lowest BCUT2D eigenvalue weighted by molar-refractivity contribution is 0.0447. The Kier molecular flexibility index (Phi) is 3.67. The van der Waals surface area contributed by atoms with Crippen LogP contribution in [-0.2, 0) is 6.54 Å². The highest BCUT2D eigenvalue weighted by Crippen LogP contribution is 2.33. The van der Waals surface area contributed by atoms with Gasteiger partial charge in [-0.3, -0.25) is 0 Å². The van der Waals surface area contributed by atoms with E-state index in [9.17, 15) is 4.39 Å². The Morgan fingerprint density at radius 3 is 2.59 bits per heavy atom. The fraction of sp³-hybridized carbons (Fsp3) is 0.571. The van der Waals surface area contributed by atoms with Crippen molar-refractivity contribution < 1.29 is 9.13 Å². The zero-order valence-electron chi connectivity index (χ0n) is 10.3. The van der Waals surface area contributed by atoms with Crippen LogP contribution in [0.3, 0.4) is 0 Å². The van der Waals surface area contributed by atoms with E-state index in [0.717, 1.165) is 18.4 Å². The number of hydrogen-bond acceptors (Lipinski definition) is 2. The summed E-state index contributed by atoms with van der Waals surface area (Å²) in [5, 5.41) is 0. The van der Waals surface area contributed by atoms with Gasteiger partial charge < -0.3 is 10.5 Å². The lowest BCUT2D eigenvalue weighted by atomic mass is 9.86. The summed E-state index contributed by atoms with van der Waals surface area (Å²) in [6.45, 7) is 2.43. The number of nitrogens with two attached hydrogens (primary N) is 1. The fourth-order valence-electron chi connectivity index (χ4n) is 2.42. The minimum Gasteiger partial charge on any atom is -0.485 e. The summed E-state index contributed by atoms with van der Waals surface area (Å²) in [6, 6.07) is 4.98. The molecule has 0 aromatic heterocycles. The van der Waals surface area contributed by atoms with E-state index in [2.05, 4.69) is 6.92 Å². The molecule has 1 aromatic carbocycles. The standard InChI is InChI=1S/C14H20FNO/c1-14(7-3-2-4-8-14)17-13-6-5-11(10-16)9-12(13)15/h5-6,9H,2-4,7-8,10,16H2,1H3. The van der Waals surface area contributed by atoms with E-state index >= 15 is 0 Å². The molecule has 94 valence electrons. The first-order chi connectivity index (χ1) is 8.13. The molecule has 0 amide bonds. The van der Waals surface area contributed by atoms with Gasteiger partial charge in [-0.05, 0) is 50.3 Å². The number of hydrogen-bond donors (Lipinski definition) is 1. The fourth-order valence-corrected chi connectivity index (χ4v) is 2.42. The van der Waals surface area contributed by atoms with Crippen molar-refractivity contribution in [2.75, 3.05) is 0 Å². The van der Waals surface area contributed by atoms with Crippen molar-refractivity contribution in [2.45, 2.75) is 51.2 Å². The predicted molar refractivity (Wildman–Crippen MR) is 66.4 cm³/mol. The molecular formula is C14H20FNO. The molecule has 1 saturated carbocycles. The molecule has 1 aliphatic carbocycles.